The molecule has 0 unspecified atom stereocenters. The van der Waals surface area contributed by atoms with Gasteiger partial charge < -0.3 is 14.7 Å². The Morgan fingerprint density at radius 1 is 1.38 bits per heavy atom. The summed E-state index contributed by atoms with van der Waals surface area (Å²) in [6.07, 6.45) is -2.08. The van der Waals surface area contributed by atoms with Gasteiger partial charge in [-0.25, -0.2) is 8.78 Å². The van der Waals surface area contributed by atoms with Crippen molar-refractivity contribution in [1.82, 2.24) is 4.90 Å². The number of carbonyl (C=O) groups is 1. The Morgan fingerprint density at radius 3 is 2.71 bits per heavy atom. The number of para-hydroxylation sites is 1. The molecule has 0 spiro atoms. The minimum absolute atomic E-state index is 0.0731. The van der Waals surface area contributed by atoms with Gasteiger partial charge in [0.25, 0.3) is 6.43 Å². The molecule has 0 fully saturated rings. The van der Waals surface area contributed by atoms with Crippen LogP contribution in [0.5, 0.6) is 5.75 Å². The molecule has 4 nitrogen and oxygen atoms in total. The number of benzene rings is 1. The minimum atomic E-state index is -2.60. The Kier molecular flexibility index (Phi) is 7.68. The molecule has 1 amide bonds. The van der Waals surface area contributed by atoms with E-state index in [0.717, 1.165) is 10.5 Å². The third-order valence-corrected chi connectivity index (χ3v) is 2.96. The largest absolute Gasteiger partial charge is 0.494 e. The number of hydrogen-bond acceptors (Lipinski definition) is 3. The zero-order valence-electron chi connectivity index (χ0n) is 12.1. The van der Waals surface area contributed by atoms with Crippen molar-refractivity contribution in [3.05, 3.63) is 29.8 Å². The second-order valence-electron chi connectivity index (χ2n) is 4.50. The summed E-state index contributed by atoms with van der Waals surface area (Å²) >= 11 is 0. The molecule has 0 aliphatic rings. The summed E-state index contributed by atoms with van der Waals surface area (Å²) in [5, 5.41) is 8.84. The summed E-state index contributed by atoms with van der Waals surface area (Å²) in [6, 6.07) is 7.34. The van der Waals surface area contributed by atoms with Gasteiger partial charge >= 0.3 is 0 Å². The lowest BCUT2D eigenvalue weighted by Crippen LogP contribution is -2.37. The first-order valence-corrected chi connectivity index (χ1v) is 6.96. The van der Waals surface area contributed by atoms with Crippen LogP contribution in [0, 0.1) is 0 Å². The van der Waals surface area contributed by atoms with Gasteiger partial charge in [0.2, 0.25) is 5.91 Å². The highest BCUT2D eigenvalue weighted by molar-refractivity contribution is 5.76. The molecule has 0 heterocycles. The van der Waals surface area contributed by atoms with E-state index in [1.54, 1.807) is 0 Å². The fourth-order valence-corrected chi connectivity index (χ4v) is 2.01. The molecule has 0 aromatic heterocycles. The van der Waals surface area contributed by atoms with E-state index in [1.165, 1.54) is 0 Å². The summed E-state index contributed by atoms with van der Waals surface area (Å²) < 4.78 is 30.3. The van der Waals surface area contributed by atoms with Gasteiger partial charge in [0.1, 0.15) is 5.75 Å². The maximum Gasteiger partial charge on any atom is 0.255 e. The van der Waals surface area contributed by atoms with Gasteiger partial charge in [0, 0.05) is 13.0 Å². The Bertz CT molecular complexity index is 441. The number of alkyl halides is 2. The molecule has 1 aromatic carbocycles. The fraction of sp³-hybridized carbons (Fsp3) is 0.533. The number of ether oxygens (including phenoxy) is 1. The lowest BCUT2D eigenvalue weighted by Gasteiger charge is -2.21. The van der Waals surface area contributed by atoms with Gasteiger partial charge in [-0.3, -0.25) is 4.79 Å². The molecular formula is C15H21F2NO3. The van der Waals surface area contributed by atoms with Gasteiger partial charge in [-0.05, 0) is 25.0 Å². The molecule has 118 valence electrons. The lowest BCUT2D eigenvalue weighted by atomic mass is 10.1. The van der Waals surface area contributed by atoms with Crippen molar-refractivity contribution in [2.24, 2.45) is 0 Å². The van der Waals surface area contributed by atoms with Gasteiger partial charge in [-0.2, -0.15) is 0 Å². The zero-order valence-corrected chi connectivity index (χ0v) is 12.1. The van der Waals surface area contributed by atoms with Gasteiger partial charge in [-0.1, -0.05) is 18.2 Å². The van der Waals surface area contributed by atoms with Crippen LogP contribution >= 0.6 is 0 Å². The molecule has 0 saturated heterocycles. The summed E-state index contributed by atoms with van der Waals surface area (Å²) in [5.41, 5.74) is 0.869. The van der Waals surface area contributed by atoms with E-state index in [9.17, 15) is 13.6 Å². The Morgan fingerprint density at radius 2 is 2.10 bits per heavy atom. The number of nitrogens with zero attached hydrogens (tertiary/aromatic N) is 1. The monoisotopic (exact) mass is 301 g/mol. The molecule has 6 heteroatoms. The molecule has 0 saturated carbocycles. The average Bonchev–Trinajstić information content (AvgIpc) is 2.45. The third-order valence-electron chi connectivity index (χ3n) is 2.96. The second kappa shape index (κ2) is 9.28. The Labute approximate surface area is 123 Å². The van der Waals surface area contributed by atoms with Crippen molar-refractivity contribution in [2.75, 3.05) is 26.3 Å². The first-order valence-electron chi connectivity index (χ1n) is 6.96. The van der Waals surface area contributed by atoms with Crippen LogP contribution in [0.3, 0.4) is 0 Å². The van der Waals surface area contributed by atoms with Crippen LogP contribution in [0.4, 0.5) is 8.78 Å². The van der Waals surface area contributed by atoms with Crippen molar-refractivity contribution in [3.63, 3.8) is 0 Å². The van der Waals surface area contributed by atoms with Crippen LogP contribution in [0.25, 0.3) is 0 Å². The van der Waals surface area contributed by atoms with E-state index < -0.39 is 18.9 Å². The van der Waals surface area contributed by atoms with Crippen molar-refractivity contribution in [2.45, 2.75) is 26.2 Å². The van der Waals surface area contributed by atoms with E-state index in [2.05, 4.69) is 0 Å². The predicted molar refractivity (Wildman–Crippen MR) is 75.6 cm³/mol. The third kappa shape index (κ3) is 6.08. The molecular weight excluding hydrogens is 280 g/mol. The number of halogens is 2. The maximum absolute atomic E-state index is 12.4. The first kappa shape index (κ1) is 17.4. The van der Waals surface area contributed by atoms with E-state index in [0.29, 0.717) is 18.8 Å². The number of aryl methyl sites for hydroxylation is 1. The number of aliphatic hydroxyl groups excluding tert-OH is 1. The summed E-state index contributed by atoms with van der Waals surface area (Å²) in [5.74, 6) is 0.311. The average molecular weight is 301 g/mol. The number of amides is 1. The molecule has 1 aromatic rings. The van der Waals surface area contributed by atoms with Crippen LogP contribution in [0.2, 0.25) is 0 Å². The SMILES string of the molecule is CCOc1ccccc1CCC(=O)N(CCO)CC(F)F. The van der Waals surface area contributed by atoms with Crippen molar-refractivity contribution in [1.29, 1.82) is 0 Å². The highest BCUT2D eigenvalue weighted by Gasteiger charge is 2.18. The normalized spacial score (nSPS) is 10.7. The highest BCUT2D eigenvalue weighted by Crippen LogP contribution is 2.20. The van der Waals surface area contributed by atoms with Crippen molar-refractivity contribution >= 4 is 5.91 Å². The Hall–Kier alpha value is -1.69. The van der Waals surface area contributed by atoms with E-state index in [1.807, 2.05) is 31.2 Å². The van der Waals surface area contributed by atoms with Crippen LogP contribution in [0.1, 0.15) is 18.9 Å². The minimum Gasteiger partial charge on any atom is -0.494 e. The van der Waals surface area contributed by atoms with E-state index in [4.69, 9.17) is 9.84 Å². The van der Waals surface area contributed by atoms with Crippen LogP contribution in [-0.2, 0) is 11.2 Å². The molecule has 0 aliphatic carbocycles. The standard InChI is InChI=1S/C15H21F2NO3/c1-2-21-13-6-4-3-5-12(13)7-8-15(20)18(9-10-19)11-14(16)17/h3-6,14,19H,2,7-11H2,1H3. The van der Waals surface area contributed by atoms with E-state index in [-0.39, 0.29) is 19.6 Å². The van der Waals surface area contributed by atoms with Gasteiger partial charge in [0.15, 0.2) is 0 Å². The van der Waals surface area contributed by atoms with Gasteiger partial charge in [0.05, 0.1) is 19.8 Å². The lowest BCUT2D eigenvalue weighted by molar-refractivity contribution is -0.133. The summed E-state index contributed by atoms with van der Waals surface area (Å²) in [7, 11) is 0. The number of aliphatic hydroxyl groups is 1. The topological polar surface area (TPSA) is 49.8 Å². The number of carbonyl (C=O) groups excluding carboxylic acids is 1. The Balaban J connectivity index is 2.62. The van der Waals surface area contributed by atoms with Crippen LogP contribution < -0.4 is 4.74 Å². The number of hydrogen-bond donors (Lipinski definition) is 1. The zero-order chi connectivity index (χ0) is 15.7. The van der Waals surface area contributed by atoms with Gasteiger partial charge in [-0.15, -0.1) is 0 Å². The maximum atomic E-state index is 12.4. The smallest absolute Gasteiger partial charge is 0.255 e. The molecule has 21 heavy (non-hydrogen) atoms. The first-order chi connectivity index (χ1) is 10.1. The van der Waals surface area contributed by atoms with Crippen LogP contribution in [-0.4, -0.2) is 48.6 Å². The molecule has 1 rings (SSSR count). The predicted octanol–water partition coefficient (Wildman–Crippen LogP) is 2.10. The van der Waals surface area contributed by atoms with Crippen LogP contribution in [0.15, 0.2) is 24.3 Å². The van der Waals surface area contributed by atoms with E-state index >= 15 is 0 Å². The van der Waals surface area contributed by atoms with Crippen molar-refractivity contribution < 1.29 is 23.4 Å². The summed E-state index contributed by atoms with van der Waals surface area (Å²) in [4.78, 5) is 12.9. The summed E-state index contributed by atoms with van der Waals surface area (Å²) in [6.45, 7) is 1.34. The molecule has 0 radical (unpaired) electrons. The number of rotatable bonds is 9. The molecule has 0 aliphatic heterocycles. The van der Waals surface area contributed by atoms with Crippen molar-refractivity contribution in [3.8, 4) is 5.75 Å². The second-order valence-corrected chi connectivity index (χ2v) is 4.50. The fourth-order valence-electron chi connectivity index (χ4n) is 2.01. The quantitative estimate of drug-likeness (QED) is 0.760. The highest BCUT2D eigenvalue weighted by atomic mass is 19.3. The molecule has 0 bridgehead atoms. The molecule has 1 N–H and O–H groups in total. The molecule has 0 atom stereocenters.